The molecule has 1 aromatic carbocycles. The zero-order valence-corrected chi connectivity index (χ0v) is 13.7. The highest BCUT2D eigenvalue weighted by atomic mass is 32.1. The number of rotatable bonds is 3. The van der Waals surface area contributed by atoms with Gasteiger partial charge in [0.05, 0.1) is 29.5 Å². The molecule has 0 aliphatic heterocycles. The third-order valence-corrected chi connectivity index (χ3v) is 4.56. The maximum absolute atomic E-state index is 12.7. The molecule has 0 radical (unpaired) electrons. The maximum atomic E-state index is 12.7. The molecule has 3 heterocycles. The van der Waals surface area contributed by atoms with E-state index in [-0.39, 0.29) is 12.1 Å². The molecule has 0 aliphatic carbocycles. The van der Waals surface area contributed by atoms with Gasteiger partial charge in [0.15, 0.2) is 5.82 Å². The summed E-state index contributed by atoms with van der Waals surface area (Å²) in [6.45, 7) is 0.0334. The van der Waals surface area contributed by atoms with Crippen LogP contribution in [0.3, 0.4) is 0 Å². The smallest absolute Gasteiger partial charge is 0.291 e. The van der Waals surface area contributed by atoms with Crippen molar-refractivity contribution in [1.29, 1.82) is 0 Å². The van der Waals surface area contributed by atoms with Gasteiger partial charge in [0, 0.05) is 0 Å². The summed E-state index contributed by atoms with van der Waals surface area (Å²) in [6.07, 6.45) is -3.02. The Kier molecular flexibility index (Phi) is 3.80. The van der Waals surface area contributed by atoms with E-state index < -0.39 is 11.7 Å². The first-order valence-corrected chi connectivity index (χ1v) is 8.19. The third kappa shape index (κ3) is 2.86. The maximum Gasteiger partial charge on any atom is 0.416 e. The average molecular weight is 378 g/mol. The molecule has 7 nitrogen and oxygen atoms in total. The lowest BCUT2D eigenvalue weighted by atomic mass is 10.2. The molecular formula is C15H9F3N6OS. The second-order valence-corrected chi connectivity index (χ2v) is 6.26. The molecule has 11 heteroatoms. The molecule has 26 heavy (non-hydrogen) atoms. The van der Waals surface area contributed by atoms with Gasteiger partial charge in [0.1, 0.15) is 4.83 Å². The first-order valence-electron chi connectivity index (χ1n) is 7.31. The van der Waals surface area contributed by atoms with Crippen LogP contribution in [-0.2, 0) is 12.7 Å². The second-order valence-electron chi connectivity index (χ2n) is 5.37. The lowest BCUT2D eigenvalue weighted by Crippen LogP contribution is -2.22. The first-order chi connectivity index (χ1) is 12.4. The third-order valence-electron chi connectivity index (χ3n) is 3.74. The van der Waals surface area contributed by atoms with Gasteiger partial charge in [-0.1, -0.05) is 0 Å². The van der Waals surface area contributed by atoms with Gasteiger partial charge in [-0.2, -0.15) is 17.9 Å². The highest BCUT2D eigenvalue weighted by Crippen LogP contribution is 2.29. The Labute approximate surface area is 147 Å². The molecular weight excluding hydrogens is 369 g/mol. The Bertz CT molecular complexity index is 1130. The van der Waals surface area contributed by atoms with Crippen molar-refractivity contribution >= 4 is 21.6 Å². The number of hydrogen-bond acceptors (Lipinski definition) is 6. The molecule has 0 amide bonds. The number of benzene rings is 1. The minimum atomic E-state index is -4.42. The van der Waals surface area contributed by atoms with E-state index in [0.717, 1.165) is 12.1 Å². The summed E-state index contributed by atoms with van der Waals surface area (Å²) >= 11 is 1.36. The van der Waals surface area contributed by atoms with Gasteiger partial charge in [0.2, 0.25) is 0 Å². The highest BCUT2D eigenvalue weighted by molar-refractivity contribution is 7.16. The van der Waals surface area contributed by atoms with E-state index in [4.69, 9.17) is 0 Å². The zero-order valence-electron chi connectivity index (χ0n) is 12.9. The van der Waals surface area contributed by atoms with Gasteiger partial charge in [0.25, 0.3) is 5.56 Å². The Hall–Kier alpha value is -3.08. The van der Waals surface area contributed by atoms with Crippen LogP contribution in [0.1, 0.15) is 11.4 Å². The van der Waals surface area contributed by atoms with Gasteiger partial charge in [-0.3, -0.25) is 9.36 Å². The molecule has 0 saturated heterocycles. The number of aromatic nitrogens is 6. The minimum absolute atomic E-state index is 0.0334. The van der Waals surface area contributed by atoms with E-state index in [2.05, 4.69) is 20.5 Å². The molecule has 132 valence electrons. The first kappa shape index (κ1) is 16.4. The van der Waals surface area contributed by atoms with Crippen LogP contribution in [0.4, 0.5) is 13.2 Å². The fraction of sp³-hybridized carbons (Fsp3) is 0.133. The number of thiophene rings is 1. The molecule has 0 saturated carbocycles. The lowest BCUT2D eigenvalue weighted by Gasteiger charge is -2.09. The van der Waals surface area contributed by atoms with E-state index in [0.29, 0.717) is 21.7 Å². The number of tetrazole rings is 1. The van der Waals surface area contributed by atoms with Crippen LogP contribution in [0, 0.1) is 0 Å². The van der Waals surface area contributed by atoms with E-state index in [1.54, 1.807) is 11.4 Å². The largest absolute Gasteiger partial charge is 0.416 e. The minimum Gasteiger partial charge on any atom is -0.291 e. The molecule has 0 unspecified atom stereocenters. The fourth-order valence-corrected chi connectivity index (χ4v) is 3.18. The van der Waals surface area contributed by atoms with E-state index in [1.165, 1.54) is 39.0 Å². The summed E-state index contributed by atoms with van der Waals surface area (Å²) in [5.74, 6) is 0.295. The summed E-state index contributed by atoms with van der Waals surface area (Å²) in [5, 5.41) is 13.5. The molecule has 0 N–H and O–H groups in total. The van der Waals surface area contributed by atoms with Crippen molar-refractivity contribution in [3.8, 4) is 5.69 Å². The van der Waals surface area contributed by atoms with Crippen molar-refractivity contribution in [3.05, 3.63) is 63.8 Å². The molecule has 0 atom stereocenters. The number of fused-ring (bicyclic) bond motifs is 1. The van der Waals surface area contributed by atoms with Crippen LogP contribution >= 0.6 is 11.3 Å². The Morgan fingerprint density at radius 1 is 1.12 bits per heavy atom. The highest BCUT2D eigenvalue weighted by Gasteiger charge is 2.30. The quantitative estimate of drug-likeness (QED) is 0.547. The van der Waals surface area contributed by atoms with Crippen molar-refractivity contribution in [1.82, 2.24) is 29.8 Å². The average Bonchev–Trinajstić information content (AvgIpc) is 3.26. The normalized spacial score (nSPS) is 12.0. The Balaban J connectivity index is 1.68. The standard InChI is InChI=1S/C15H9F3N6OS/c16-15(17,18)9-1-3-10(4-2-9)24-12(20-21-22-24)7-23-8-19-13-11(14(23)25)5-6-26-13/h1-6,8H,7H2. The van der Waals surface area contributed by atoms with Crippen LogP contribution < -0.4 is 5.56 Å². The van der Waals surface area contributed by atoms with Crippen molar-refractivity contribution in [2.24, 2.45) is 0 Å². The van der Waals surface area contributed by atoms with Crippen molar-refractivity contribution < 1.29 is 13.2 Å². The molecule has 4 rings (SSSR count). The SMILES string of the molecule is O=c1c2ccsc2ncn1Cc1nnnn1-c1ccc(C(F)(F)F)cc1. The molecule has 0 aliphatic rings. The second kappa shape index (κ2) is 6.02. The predicted molar refractivity (Wildman–Crippen MR) is 87.1 cm³/mol. The monoisotopic (exact) mass is 378 g/mol. The van der Waals surface area contributed by atoms with Gasteiger partial charge in [-0.25, -0.2) is 4.98 Å². The van der Waals surface area contributed by atoms with Gasteiger partial charge >= 0.3 is 6.18 Å². The summed E-state index contributed by atoms with van der Waals surface area (Å²) in [6, 6.07) is 6.13. The zero-order chi connectivity index (χ0) is 18.3. The van der Waals surface area contributed by atoms with Crippen LogP contribution in [0.25, 0.3) is 15.9 Å². The van der Waals surface area contributed by atoms with E-state index >= 15 is 0 Å². The molecule has 0 fully saturated rings. The predicted octanol–water partition coefficient (Wildman–Crippen LogP) is 2.50. The molecule has 0 bridgehead atoms. The van der Waals surface area contributed by atoms with Crippen LogP contribution in [0.2, 0.25) is 0 Å². The number of nitrogens with zero attached hydrogens (tertiary/aromatic N) is 6. The Morgan fingerprint density at radius 2 is 1.88 bits per heavy atom. The topological polar surface area (TPSA) is 78.5 Å². The van der Waals surface area contributed by atoms with Crippen LogP contribution in [-0.4, -0.2) is 29.8 Å². The number of hydrogen-bond donors (Lipinski definition) is 0. The summed E-state index contributed by atoms with van der Waals surface area (Å²) in [4.78, 5) is 17.3. The van der Waals surface area contributed by atoms with E-state index in [9.17, 15) is 18.0 Å². The van der Waals surface area contributed by atoms with Crippen molar-refractivity contribution in [2.45, 2.75) is 12.7 Å². The molecule has 0 spiro atoms. The molecule has 4 aromatic rings. The lowest BCUT2D eigenvalue weighted by molar-refractivity contribution is -0.137. The number of alkyl halides is 3. The van der Waals surface area contributed by atoms with E-state index in [1.807, 2.05) is 0 Å². The van der Waals surface area contributed by atoms with Gasteiger partial charge in [-0.05, 0) is 46.1 Å². The molecule has 3 aromatic heterocycles. The fourth-order valence-electron chi connectivity index (χ4n) is 2.45. The Morgan fingerprint density at radius 3 is 2.62 bits per heavy atom. The van der Waals surface area contributed by atoms with Gasteiger partial charge in [-0.15, -0.1) is 16.4 Å². The van der Waals surface area contributed by atoms with Crippen LogP contribution in [0.15, 0.2) is 46.8 Å². The number of halogens is 3. The van der Waals surface area contributed by atoms with Crippen molar-refractivity contribution in [3.63, 3.8) is 0 Å². The summed E-state index contributed by atoms with van der Waals surface area (Å²) in [5.41, 5.74) is -0.645. The van der Waals surface area contributed by atoms with Crippen molar-refractivity contribution in [2.75, 3.05) is 0 Å². The summed E-state index contributed by atoms with van der Waals surface area (Å²) < 4.78 is 40.7. The van der Waals surface area contributed by atoms with Gasteiger partial charge < -0.3 is 0 Å². The summed E-state index contributed by atoms with van der Waals surface area (Å²) in [7, 11) is 0. The van der Waals surface area contributed by atoms with Crippen LogP contribution in [0.5, 0.6) is 0 Å².